The van der Waals surface area contributed by atoms with Crippen LogP contribution in [0, 0.1) is 0 Å². The van der Waals surface area contributed by atoms with Crippen LogP contribution in [0.1, 0.15) is 24.4 Å². The van der Waals surface area contributed by atoms with Gasteiger partial charge in [-0.15, -0.1) is 0 Å². The minimum atomic E-state index is -0.204. The van der Waals surface area contributed by atoms with Crippen molar-refractivity contribution in [3.05, 3.63) is 40.7 Å². The third-order valence-electron chi connectivity index (χ3n) is 3.82. The van der Waals surface area contributed by atoms with E-state index in [1.807, 2.05) is 0 Å². The zero-order chi connectivity index (χ0) is 14.3. The van der Waals surface area contributed by atoms with Gasteiger partial charge in [0.05, 0.1) is 24.8 Å². The molecule has 1 saturated carbocycles. The van der Waals surface area contributed by atoms with Crippen LogP contribution >= 0.6 is 23.2 Å². The molecular formula is C14H14Cl2N2O2. The van der Waals surface area contributed by atoms with Gasteiger partial charge in [0.15, 0.2) is 0 Å². The molecular weight excluding hydrogens is 299 g/mol. The first-order valence-corrected chi connectivity index (χ1v) is 7.19. The zero-order valence-corrected chi connectivity index (χ0v) is 12.3. The van der Waals surface area contributed by atoms with Gasteiger partial charge >= 0.3 is 0 Å². The van der Waals surface area contributed by atoms with E-state index in [4.69, 9.17) is 27.9 Å². The Morgan fingerprint density at radius 1 is 1.45 bits per heavy atom. The molecule has 1 aliphatic heterocycles. The lowest BCUT2D eigenvalue weighted by Gasteiger charge is -2.40. The van der Waals surface area contributed by atoms with Crippen LogP contribution in [-0.2, 0) is 9.53 Å². The molecule has 0 aromatic carbocycles. The van der Waals surface area contributed by atoms with E-state index in [-0.39, 0.29) is 17.6 Å². The van der Waals surface area contributed by atoms with Gasteiger partial charge in [-0.1, -0.05) is 29.8 Å². The Kier molecular flexibility index (Phi) is 3.48. The fraction of sp³-hybridized carbons (Fsp3) is 0.429. The summed E-state index contributed by atoms with van der Waals surface area (Å²) in [5.41, 5.74) is 0.691. The average Bonchev–Trinajstić information content (AvgIpc) is 3.16. The lowest BCUT2D eigenvalue weighted by Crippen LogP contribution is -2.48. The van der Waals surface area contributed by atoms with Crippen molar-refractivity contribution in [2.24, 2.45) is 0 Å². The largest absolute Gasteiger partial charge is 0.371 e. The maximum absolute atomic E-state index is 12.1. The number of carbonyl (C=O) groups is 1. The van der Waals surface area contributed by atoms with Gasteiger partial charge in [0.1, 0.15) is 10.3 Å². The van der Waals surface area contributed by atoms with Crippen molar-refractivity contribution < 1.29 is 9.53 Å². The summed E-state index contributed by atoms with van der Waals surface area (Å²) in [5, 5.41) is 0.621. The van der Waals surface area contributed by atoms with Crippen molar-refractivity contribution in [2.75, 3.05) is 13.2 Å². The topological polar surface area (TPSA) is 42.4 Å². The molecule has 1 aromatic rings. The van der Waals surface area contributed by atoms with E-state index in [0.29, 0.717) is 23.5 Å². The van der Waals surface area contributed by atoms with Gasteiger partial charge in [0.2, 0.25) is 5.91 Å². The predicted octanol–water partition coefficient (Wildman–Crippen LogP) is 3.01. The van der Waals surface area contributed by atoms with E-state index in [2.05, 4.69) is 11.6 Å². The van der Waals surface area contributed by atoms with Crippen LogP contribution in [0.5, 0.6) is 0 Å². The molecule has 1 spiro atoms. The average molecular weight is 313 g/mol. The molecule has 0 bridgehead atoms. The summed E-state index contributed by atoms with van der Waals surface area (Å²) in [4.78, 5) is 17.8. The molecule has 1 aliphatic carbocycles. The van der Waals surface area contributed by atoms with Gasteiger partial charge in [-0.05, 0) is 36.6 Å². The lowest BCUT2D eigenvalue weighted by atomic mass is 10.0. The summed E-state index contributed by atoms with van der Waals surface area (Å²) in [6.45, 7) is 4.59. The van der Waals surface area contributed by atoms with E-state index >= 15 is 0 Å². The summed E-state index contributed by atoms with van der Waals surface area (Å²) in [6, 6.07) is 3.23. The highest BCUT2D eigenvalue weighted by molar-refractivity contribution is 6.32. The predicted molar refractivity (Wildman–Crippen MR) is 76.8 cm³/mol. The monoisotopic (exact) mass is 312 g/mol. The number of nitrogens with zero attached hydrogens (tertiary/aromatic N) is 2. The Hall–Kier alpha value is -1.10. The lowest BCUT2D eigenvalue weighted by molar-refractivity contribution is -0.143. The van der Waals surface area contributed by atoms with Gasteiger partial charge in [0, 0.05) is 0 Å². The number of amides is 1. The molecule has 0 N–H and O–H groups in total. The third-order valence-corrected chi connectivity index (χ3v) is 4.20. The normalized spacial score (nSPS) is 23.7. The molecule has 20 heavy (non-hydrogen) atoms. The highest BCUT2D eigenvalue weighted by Crippen LogP contribution is 2.46. The van der Waals surface area contributed by atoms with E-state index in [0.717, 1.165) is 18.4 Å². The SMILES string of the molecule is C=CC(=O)N1CC2(CC2)OC[C@@H]1c1cc(Cl)nc(Cl)c1. The number of rotatable bonds is 2. The van der Waals surface area contributed by atoms with Crippen LogP contribution in [0.4, 0.5) is 0 Å². The second-order valence-electron chi connectivity index (χ2n) is 5.23. The first-order chi connectivity index (χ1) is 9.53. The Morgan fingerprint density at radius 2 is 2.10 bits per heavy atom. The molecule has 3 rings (SSSR count). The number of morpholine rings is 1. The van der Waals surface area contributed by atoms with Crippen molar-refractivity contribution in [2.45, 2.75) is 24.5 Å². The maximum atomic E-state index is 12.1. The van der Waals surface area contributed by atoms with Crippen molar-refractivity contribution >= 4 is 29.1 Å². The molecule has 106 valence electrons. The van der Waals surface area contributed by atoms with Crippen molar-refractivity contribution in [1.29, 1.82) is 0 Å². The minimum absolute atomic E-state index is 0.103. The maximum Gasteiger partial charge on any atom is 0.246 e. The number of halogens is 2. The Balaban J connectivity index is 1.93. The highest BCUT2D eigenvalue weighted by Gasteiger charge is 2.50. The van der Waals surface area contributed by atoms with Gasteiger partial charge in [-0.3, -0.25) is 4.79 Å². The summed E-state index contributed by atoms with van der Waals surface area (Å²) in [5.74, 6) is -0.103. The summed E-state index contributed by atoms with van der Waals surface area (Å²) < 4.78 is 5.91. The van der Waals surface area contributed by atoms with Gasteiger partial charge < -0.3 is 9.64 Å². The number of aromatic nitrogens is 1. The fourth-order valence-electron chi connectivity index (χ4n) is 2.55. The standard InChI is InChI=1S/C14H14Cl2N2O2/c1-2-13(19)18-8-14(3-4-14)20-7-10(18)9-5-11(15)17-12(16)6-9/h2,5-6,10H,1,3-4,7-8H2/t10-/m1/s1. The van der Waals surface area contributed by atoms with Crippen molar-refractivity contribution in [1.82, 2.24) is 9.88 Å². The summed E-state index contributed by atoms with van der Waals surface area (Å²) >= 11 is 11.9. The molecule has 4 nitrogen and oxygen atoms in total. The molecule has 6 heteroatoms. The number of hydrogen-bond acceptors (Lipinski definition) is 3. The van der Waals surface area contributed by atoms with Gasteiger partial charge in [-0.2, -0.15) is 0 Å². The molecule has 0 radical (unpaired) electrons. The zero-order valence-electron chi connectivity index (χ0n) is 10.8. The minimum Gasteiger partial charge on any atom is -0.371 e. The molecule has 1 saturated heterocycles. The van der Waals surface area contributed by atoms with Crippen LogP contribution < -0.4 is 0 Å². The number of hydrogen-bond donors (Lipinski definition) is 0. The number of carbonyl (C=O) groups excluding carboxylic acids is 1. The molecule has 2 aliphatic rings. The summed E-state index contributed by atoms with van der Waals surface area (Å²) in [6.07, 6.45) is 3.33. The summed E-state index contributed by atoms with van der Waals surface area (Å²) in [7, 11) is 0. The van der Waals surface area contributed by atoms with E-state index in [9.17, 15) is 4.79 Å². The fourth-order valence-corrected chi connectivity index (χ4v) is 3.03. The van der Waals surface area contributed by atoms with E-state index in [1.54, 1.807) is 17.0 Å². The molecule has 2 fully saturated rings. The molecule has 1 aromatic heterocycles. The van der Waals surface area contributed by atoms with Crippen LogP contribution in [0.15, 0.2) is 24.8 Å². The van der Waals surface area contributed by atoms with Crippen LogP contribution in [0.2, 0.25) is 10.3 Å². The van der Waals surface area contributed by atoms with Crippen molar-refractivity contribution in [3.8, 4) is 0 Å². The third kappa shape index (κ3) is 2.55. The number of ether oxygens (including phenoxy) is 1. The Bertz CT molecular complexity index is 552. The van der Waals surface area contributed by atoms with Crippen LogP contribution in [0.3, 0.4) is 0 Å². The highest BCUT2D eigenvalue weighted by atomic mass is 35.5. The first kappa shape index (κ1) is 13.9. The van der Waals surface area contributed by atoms with Crippen LogP contribution in [-0.4, -0.2) is 34.5 Å². The quantitative estimate of drug-likeness (QED) is 0.623. The van der Waals surface area contributed by atoms with E-state index in [1.165, 1.54) is 6.08 Å². The van der Waals surface area contributed by atoms with Crippen molar-refractivity contribution in [3.63, 3.8) is 0 Å². The van der Waals surface area contributed by atoms with Gasteiger partial charge in [-0.25, -0.2) is 4.98 Å². The first-order valence-electron chi connectivity index (χ1n) is 6.43. The molecule has 0 unspecified atom stereocenters. The van der Waals surface area contributed by atoms with Gasteiger partial charge in [0.25, 0.3) is 0 Å². The van der Waals surface area contributed by atoms with E-state index < -0.39 is 0 Å². The molecule has 1 atom stereocenters. The van der Waals surface area contributed by atoms with Crippen LogP contribution in [0.25, 0.3) is 0 Å². The Labute approximate surface area is 127 Å². The molecule has 2 heterocycles. The Morgan fingerprint density at radius 3 is 2.65 bits per heavy atom. The number of pyridine rings is 1. The second-order valence-corrected chi connectivity index (χ2v) is 6.00. The molecule has 1 amide bonds. The smallest absolute Gasteiger partial charge is 0.246 e. The second kappa shape index (κ2) is 5.02.